The minimum Gasteiger partial charge on any atom is -0.488 e. The van der Waals surface area contributed by atoms with Gasteiger partial charge < -0.3 is 4.74 Å². The van der Waals surface area contributed by atoms with Gasteiger partial charge in [0, 0.05) is 22.7 Å². The van der Waals surface area contributed by atoms with Crippen LogP contribution in [0.2, 0.25) is 0 Å². The zero-order valence-corrected chi connectivity index (χ0v) is 9.63. The number of hydrogen-bond acceptors (Lipinski definition) is 3. The van der Waals surface area contributed by atoms with Gasteiger partial charge in [-0.05, 0) is 30.3 Å². The molecule has 0 saturated heterocycles. The molecule has 86 valence electrons. The monoisotopic (exact) mass is 234 g/mol. The third-order valence-corrected chi connectivity index (χ3v) is 3.19. The van der Waals surface area contributed by atoms with Gasteiger partial charge in [-0.2, -0.15) is 0 Å². The highest BCUT2D eigenvalue weighted by molar-refractivity contribution is 5.82. The standard InChI is InChI=1S/C15H10N2O/c1-2-6-13-12(5-1)14-11(9-18-13)8-10-4-3-7-16-15(10)17-14/h1-8H,9H2. The van der Waals surface area contributed by atoms with Crippen LogP contribution in [0.25, 0.3) is 22.3 Å². The Labute approximate surface area is 104 Å². The Morgan fingerprint density at radius 1 is 1.06 bits per heavy atom. The van der Waals surface area contributed by atoms with Gasteiger partial charge in [0.25, 0.3) is 0 Å². The summed E-state index contributed by atoms with van der Waals surface area (Å²) in [6, 6.07) is 14.0. The smallest absolute Gasteiger partial charge is 0.159 e. The van der Waals surface area contributed by atoms with Gasteiger partial charge in [0.05, 0.1) is 5.69 Å². The number of fused-ring (bicyclic) bond motifs is 4. The quantitative estimate of drug-likeness (QED) is 0.599. The maximum atomic E-state index is 5.74. The van der Waals surface area contributed by atoms with E-state index in [-0.39, 0.29) is 0 Å². The molecule has 4 rings (SSSR count). The van der Waals surface area contributed by atoms with Crippen LogP contribution in [0.3, 0.4) is 0 Å². The molecule has 0 atom stereocenters. The van der Waals surface area contributed by atoms with Crippen LogP contribution >= 0.6 is 0 Å². The Bertz CT molecular complexity index is 752. The van der Waals surface area contributed by atoms with Crippen LogP contribution in [0.5, 0.6) is 5.75 Å². The first-order valence-corrected chi connectivity index (χ1v) is 5.89. The molecule has 3 aromatic rings. The maximum Gasteiger partial charge on any atom is 0.159 e. The van der Waals surface area contributed by atoms with Crippen LogP contribution in [-0.2, 0) is 6.61 Å². The Balaban J connectivity index is 2.06. The number of nitrogens with zero attached hydrogens (tertiary/aromatic N) is 2. The van der Waals surface area contributed by atoms with Crippen molar-refractivity contribution in [1.82, 2.24) is 9.97 Å². The van der Waals surface area contributed by atoms with Gasteiger partial charge in [-0.1, -0.05) is 12.1 Å². The fourth-order valence-electron chi connectivity index (χ4n) is 2.34. The Kier molecular flexibility index (Phi) is 1.88. The highest BCUT2D eigenvalue weighted by Gasteiger charge is 2.18. The van der Waals surface area contributed by atoms with Gasteiger partial charge in [0.2, 0.25) is 0 Å². The molecule has 3 heterocycles. The van der Waals surface area contributed by atoms with Crippen molar-refractivity contribution in [2.45, 2.75) is 6.61 Å². The fourth-order valence-corrected chi connectivity index (χ4v) is 2.34. The van der Waals surface area contributed by atoms with Crippen LogP contribution in [0.1, 0.15) is 5.56 Å². The lowest BCUT2D eigenvalue weighted by Gasteiger charge is -2.19. The van der Waals surface area contributed by atoms with Crippen molar-refractivity contribution < 1.29 is 4.74 Å². The minimum atomic E-state index is 0.574. The Morgan fingerprint density at radius 3 is 3.00 bits per heavy atom. The molecule has 1 aliphatic rings. The first-order valence-electron chi connectivity index (χ1n) is 5.89. The van der Waals surface area contributed by atoms with E-state index in [1.54, 1.807) is 6.20 Å². The van der Waals surface area contributed by atoms with E-state index >= 15 is 0 Å². The van der Waals surface area contributed by atoms with E-state index in [0.717, 1.165) is 33.6 Å². The lowest BCUT2D eigenvalue weighted by Crippen LogP contribution is -2.07. The number of rotatable bonds is 0. The lowest BCUT2D eigenvalue weighted by molar-refractivity contribution is 0.302. The van der Waals surface area contributed by atoms with E-state index in [2.05, 4.69) is 16.0 Å². The van der Waals surface area contributed by atoms with Crippen LogP contribution in [0, 0.1) is 0 Å². The number of para-hydroxylation sites is 1. The van der Waals surface area contributed by atoms with Gasteiger partial charge >= 0.3 is 0 Å². The van der Waals surface area contributed by atoms with E-state index in [4.69, 9.17) is 4.74 Å². The molecule has 1 aliphatic heterocycles. The third kappa shape index (κ3) is 1.31. The summed E-state index contributed by atoms with van der Waals surface area (Å²) in [4.78, 5) is 8.98. The van der Waals surface area contributed by atoms with Crippen LogP contribution < -0.4 is 4.74 Å². The minimum absolute atomic E-state index is 0.574. The zero-order chi connectivity index (χ0) is 11.9. The predicted molar refractivity (Wildman–Crippen MR) is 69.3 cm³/mol. The van der Waals surface area contributed by atoms with Crippen LogP contribution in [0.4, 0.5) is 0 Å². The zero-order valence-electron chi connectivity index (χ0n) is 9.63. The van der Waals surface area contributed by atoms with Crippen molar-refractivity contribution >= 4 is 11.0 Å². The molecule has 2 aromatic heterocycles. The van der Waals surface area contributed by atoms with Gasteiger partial charge in [-0.25, -0.2) is 9.97 Å². The topological polar surface area (TPSA) is 35.0 Å². The highest BCUT2D eigenvalue weighted by Crippen LogP contribution is 2.36. The van der Waals surface area contributed by atoms with Gasteiger partial charge in [0.1, 0.15) is 12.4 Å². The summed E-state index contributed by atoms with van der Waals surface area (Å²) in [6.07, 6.45) is 1.77. The first kappa shape index (κ1) is 9.59. The Hall–Kier alpha value is -2.42. The number of hydrogen-bond donors (Lipinski definition) is 0. The number of aromatic nitrogens is 2. The van der Waals surface area contributed by atoms with Gasteiger partial charge in [-0.15, -0.1) is 0 Å². The molecule has 0 aliphatic carbocycles. The summed E-state index contributed by atoms with van der Waals surface area (Å²) in [5.74, 6) is 0.896. The molecule has 0 N–H and O–H groups in total. The summed E-state index contributed by atoms with van der Waals surface area (Å²) in [7, 11) is 0. The first-order chi connectivity index (χ1) is 8.92. The summed E-state index contributed by atoms with van der Waals surface area (Å²) >= 11 is 0. The van der Waals surface area contributed by atoms with E-state index in [1.165, 1.54) is 0 Å². The molecule has 3 heteroatoms. The second-order valence-electron chi connectivity index (χ2n) is 4.33. The summed E-state index contributed by atoms with van der Waals surface area (Å²) in [5.41, 5.74) is 3.94. The molecule has 3 nitrogen and oxygen atoms in total. The van der Waals surface area contributed by atoms with Crippen molar-refractivity contribution in [3.05, 3.63) is 54.2 Å². The van der Waals surface area contributed by atoms with Crippen LogP contribution in [0.15, 0.2) is 48.7 Å². The highest BCUT2D eigenvalue weighted by atomic mass is 16.5. The average molecular weight is 234 g/mol. The molecule has 18 heavy (non-hydrogen) atoms. The van der Waals surface area contributed by atoms with Crippen LogP contribution in [-0.4, -0.2) is 9.97 Å². The maximum absolute atomic E-state index is 5.74. The van der Waals surface area contributed by atoms with E-state index in [1.807, 2.05) is 36.4 Å². The second-order valence-corrected chi connectivity index (χ2v) is 4.33. The molecule has 0 amide bonds. The number of ether oxygens (including phenoxy) is 1. The largest absolute Gasteiger partial charge is 0.488 e. The van der Waals surface area contributed by atoms with Gasteiger partial charge in [0.15, 0.2) is 5.65 Å². The van der Waals surface area contributed by atoms with Gasteiger partial charge in [-0.3, -0.25) is 0 Å². The lowest BCUT2D eigenvalue weighted by atomic mass is 10.0. The second kappa shape index (κ2) is 3.53. The van der Waals surface area contributed by atoms with Crippen molar-refractivity contribution in [2.75, 3.05) is 0 Å². The summed E-state index contributed by atoms with van der Waals surface area (Å²) in [5, 5.41) is 1.05. The summed E-state index contributed by atoms with van der Waals surface area (Å²) < 4.78 is 5.74. The molecule has 0 bridgehead atoms. The molecule has 0 radical (unpaired) electrons. The van der Waals surface area contributed by atoms with Crippen molar-refractivity contribution in [2.24, 2.45) is 0 Å². The average Bonchev–Trinajstić information content (AvgIpc) is 2.45. The summed E-state index contributed by atoms with van der Waals surface area (Å²) in [6.45, 7) is 0.574. The van der Waals surface area contributed by atoms with E-state index in [9.17, 15) is 0 Å². The molecular formula is C15H10N2O. The molecular weight excluding hydrogens is 224 g/mol. The number of pyridine rings is 2. The molecule has 0 fully saturated rings. The van der Waals surface area contributed by atoms with Crippen molar-refractivity contribution in [3.63, 3.8) is 0 Å². The predicted octanol–water partition coefficient (Wildman–Crippen LogP) is 3.19. The SMILES string of the molecule is c1ccc2c(c1)OCc1cc3cccnc3nc1-2. The molecule has 1 aromatic carbocycles. The van der Waals surface area contributed by atoms with E-state index in [0.29, 0.717) is 6.61 Å². The fraction of sp³-hybridized carbons (Fsp3) is 0.0667. The van der Waals surface area contributed by atoms with Crippen molar-refractivity contribution in [3.8, 4) is 17.0 Å². The third-order valence-electron chi connectivity index (χ3n) is 3.19. The normalized spacial score (nSPS) is 12.7. The number of benzene rings is 1. The molecule has 0 spiro atoms. The van der Waals surface area contributed by atoms with Crippen molar-refractivity contribution in [1.29, 1.82) is 0 Å². The Morgan fingerprint density at radius 2 is 2.00 bits per heavy atom. The molecule has 0 unspecified atom stereocenters. The molecule has 0 saturated carbocycles. The van der Waals surface area contributed by atoms with E-state index < -0.39 is 0 Å².